The van der Waals surface area contributed by atoms with Crippen molar-refractivity contribution in [3.05, 3.63) is 33.7 Å². The standard InChI is InChI=1S/C7H9N.C2F6NO4S2/c1-6-3-7(2)5-8-4-6;3-1(4,5)14(10,11)9-15(12,13)2(6,7)8/h3-5H,1-2H3;/q;-1/p+1. The zero-order valence-corrected chi connectivity index (χ0v) is 13.0. The maximum atomic E-state index is 11.4. The quantitative estimate of drug-likeness (QED) is 0.726. The number of halogens is 6. The summed E-state index contributed by atoms with van der Waals surface area (Å²) in [4.78, 5) is 3.03. The third kappa shape index (κ3) is 6.70. The molecule has 0 aliphatic rings. The molecule has 0 fully saturated rings. The number of aromatic amines is 1. The maximum Gasteiger partial charge on any atom is 0.480 e. The minimum absolute atomic E-state index is 0.778. The Balaban J connectivity index is 0.000000502. The molecule has 1 rings (SSSR count). The van der Waals surface area contributed by atoms with Crippen molar-refractivity contribution >= 4 is 20.0 Å². The van der Waals surface area contributed by atoms with Gasteiger partial charge in [-0.1, -0.05) is 0 Å². The predicted molar refractivity (Wildman–Crippen MR) is 65.8 cm³/mol. The fraction of sp³-hybridized carbons (Fsp3) is 0.444. The summed E-state index contributed by atoms with van der Waals surface area (Å²) < 4.78 is 109. The Morgan fingerprint density at radius 2 is 1.13 bits per heavy atom. The normalized spacial score (nSPS) is 13.2. The van der Waals surface area contributed by atoms with E-state index in [2.05, 4.69) is 24.9 Å². The van der Waals surface area contributed by atoms with Crippen molar-refractivity contribution in [3.8, 4) is 0 Å². The molecule has 0 atom stereocenters. The van der Waals surface area contributed by atoms with Gasteiger partial charge in [-0.3, -0.25) is 0 Å². The number of alkyl halides is 6. The zero-order chi connectivity index (χ0) is 18.7. The molecular weight excluding hydrogens is 378 g/mol. The van der Waals surface area contributed by atoms with Gasteiger partial charge in [0.05, 0.1) is 0 Å². The van der Waals surface area contributed by atoms with Crippen LogP contribution in [0.5, 0.6) is 0 Å². The van der Waals surface area contributed by atoms with E-state index in [0.29, 0.717) is 0 Å². The minimum atomic E-state index is -6.72. The van der Waals surface area contributed by atoms with E-state index in [1.807, 2.05) is 12.4 Å². The molecule has 0 radical (unpaired) electrons. The van der Waals surface area contributed by atoms with Gasteiger partial charge in [0, 0.05) is 11.1 Å². The molecule has 0 amide bonds. The highest BCUT2D eigenvalue weighted by atomic mass is 32.3. The van der Waals surface area contributed by atoms with E-state index >= 15 is 0 Å². The van der Waals surface area contributed by atoms with Crippen molar-refractivity contribution in [2.75, 3.05) is 0 Å². The molecule has 1 aromatic rings. The van der Waals surface area contributed by atoms with E-state index in [9.17, 15) is 43.2 Å². The number of hydrogen-bond acceptors (Lipinski definition) is 4. The van der Waals surface area contributed by atoms with Crippen LogP contribution in [0, 0.1) is 13.8 Å². The van der Waals surface area contributed by atoms with E-state index in [4.69, 9.17) is 0 Å². The summed E-state index contributed by atoms with van der Waals surface area (Å²) >= 11 is 0. The van der Waals surface area contributed by atoms with Crippen molar-refractivity contribution in [1.82, 2.24) is 0 Å². The lowest BCUT2D eigenvalue weighted by Gasteiger charge is -2.22. The van der Waals surface area contributed by atoms with Gasteiger partial charge >= 0.3 is 11.0 Å². The Hall–Kier alpha value is -1.41. The minimum Gasteiger partial charge on any atom is -0.421 e. The van der Waals surface area contributed by atoms with Crippen LogP contribution in [-0.2, 0) is 20.0 Å². The van der Waals surface area contributed by atoms with Crippen LogP contribution in [0.1, 0.15) is 11.1 Å². The van der Waals surface area contributed by atoms with Gasteiger partial charge < -0.3 is 4.13 Å². The highest BCUT2D eigenvalue weighted by Crippen LogP contribution is 2.36. The molecule has 14 heteroatoms. The SMILES string of the molecule is Cc1c[nH+]cc(C)c1.O=S(=O)([N-]S(=O)(=O)C(F)(F)F)C(F)(F)F. The average Bonchev–Trinajstić information content (AvgIpc) is 2.24. The number of hydrogen-bond donors (Lipinski definition) is 0. The second-order valence-corrected chi connectivity index (χ2v) is 7.43. The monoisotopic (exact) mass is 388 g/mol. The highest BCUT2D eigenvalue weighted by Gasteiger charge is 2.46. The topological polar surface area (TPSA) is 96.5 Å². The summed E-state index contributed by atoms with van der Waals surface area (Å²) in [5.74, 6) is 0. The van der Waals surface area contributed by atoms with Crippen LogP contribution >= 0.6 is 0 Å². The van der Waals surface area contributed by atoms with Crippen LogP contribution in [0.15, 0.2) is 18.5 Å². The molecule has 1 N–H and O–H groups in total. The molecule has 1 heterocycles. The fourth-order valence-electron chi connectivity index (χ4n) is 0.961. The lowest BCUT2D eigenvalue weighted by molar-refractivity contribution is -0.379. The smallest absolute Gasteiger partial charge is 0.421 e. The van der Waals surface area contributed by atoms with Gasteiger partial charge in [0.15, 0.2) is 32.4 Å². The molecule has 1 aromatic heterocycles. The molecule has 0 unspecified atom stereocenters. The van der Waals surface area contributed by atoms with Gasteiger partial charge in [-0.25, -0.2) is 21.8 Å². The lowest BCUT2D eigenvalue weighted by Crippen LogP contribution is -2.30. The highest BCUT2D eigenvalue weighted by molar-refractivity contribution is 8.13. The van der Waals surface area contributed by atoms with Crippen molar-refractivity contribution in [1.29, 1.82) is 0 Å². The number of sulfonamides is 2. The summed E-state index contributed by atoms with van der Waals surface area (Å²) in [5, 5.41) is 0. The Bertz CT molecular complexity index is 681. The molecule has 134 valence electrons. The van der Waals surface area contributed by atoms with Crippen LogP contribution < -0.4 is 4.98 Å². The third-order valence-corrected chi connectivity index (χ3v) is 4.60. The summed E-state index contributed by atoms with van der Waals surface area (Å²) in [7, 11) is -13.4. The Morgan fingerprint density at radius 3 is 1.30 bits per heavy atom. The van der Waals surface area contributed by atoms with Crippen molar-refractivity contribution in [2.24, 2.45) is 0 Å². The van der Waals surface area contributed by atoms with Gasteiger partial charge in [-0.05, 0) is 19.9 Å². The molecule has 0 aromatic carbocycles. The first kappa shape index (κ1) is 21.6. The van der Waals surface area contributed by atoms with E-state index in [1.54, 1.807) is 0 Å². The number of nitrogens with one attached hydrogen (secondary N) is 1. The van der Waals surface area contributed by atoms with E-state index in [0.717, 1.165) is 4.13 Å². The van der Waals surface area contributed by atoms with Gasteiger partial charge in [-0.15, -0.1) is 0 Å². The summed E-state index contributed by atoms with van der Waals surface area (Å²) in [5.41, 5.74) is -9.84. The number of aryl methyl sites for hydroxylation is 2. The van der Waals surface area contributed by atoms with Gasteiger partial charge in [0.1, 0.15) is 0 Å². The van der Waals surface area contributed by atoms with E-state index in [1.165, 1.54) is 11.1 Å². The van der Waals surface area contributed by atoms with E-state index < -0.39 is 31.1 Å². The Labute approximate surface area is 127 Å². The van der Waals surface area contributed by atoms with E-state index in [-0.39, 0.29) is 0 Å². The van der Waals surface area contributed by atoms with Crippen molar-refractivity contribution in [3.63, 3.8) is 0 Å². The second kappa shape index (κ2) is 7.00. The van der Waals surface area contributed by atoms with Crippen LogP contribution in [0.3, 0.4) is 0 Å². The predicted octanol–water partition coefficient (Wildman–Crippen LogP) is 2.18. The molecule has 0 saturated carbocycles. The fourth-order valence-corrected chi connectivity index (χ4v) is 2.67. The van der Waals surface area contributed by atoms with Crippen LogP contribution in [0.2, 0.25) is 0 Å². The number of H-pyrrole nitrogens is 1. The maximum absolute atomic E-state index is 11.4. The van der Waals surface area contributed by atoms with Gasteiger partial charge in [0.2, 0.25) is 0 Å². The van der Waals surface area contributed by atoms with Crippen molar-refractivity contribution in [2.45, 2.75) is 24.9 Å². The summed E-state index contributed by atoms with van der Waals surface area (Å²) in [6, 6.07) is 2.14. The van der Waals surface area contributed by atoms with Crippen LogP contribution in [0.25, 0.3) is 4.13 Å². The number of pyridine rings is 1. The largest absolute Gasteiger partial charge is 0.480 e. The molecular formula is C9H10F6N2O4S2. The third-order valence-electron chi connectivity index (χ3n) is 1.86. The first-order valence-electron chi connectivity index (χ1n) is 5.31. The molecule has 6 nitrogen and oxygen atoms in total. The zero-order valence-electron chi connectivity index (χ0n) is 11.4. The number of rotatable bonds is 2. The first-order chi connectivity index (χ1) is 9.99. The Morgan fingerprint density at radius 1 is 0.826 bits per heavy atom. The molecule has 0 aliphatic carbocycles. The lowest BCUT2D eigenvalue weighted by atomic mass is 10.2. The summed E-state index contributed by atoms with van der Waals surface area (Å²) in [6.07, 6.45) is 3.96. The molecule has 0 saturated heterocycles. The first-order valence-corrected chi connectivity index (χ1v) is 8.19. The summed E-state index contributed by atoms with van der Waals surface area (Å²) in [6.45, 7) is 4.15. The van der Waals surface area contributed by atoms with Crippen LogP contribution in [-0.4, -0.2) is 27.9 Å². The molecule has 0 spiro atoms. The van der Waals surface area contributed by atoms with Gasteiger partial charge in [-0.2, -0.15) is 26.3 Å². The molecule has 23 heavy (non-hydrogen) atoms. The number of nitrogens with zero attached hydrogens (tertiary/aromatic N) is 1. The second-order valence-electron chi connectivity index (χ2n) is 4.00. The average molecular weight is 388 g/mol. The van der Waals surface area contributed by atoms with Gasteiger partial charge in [0.25, 0.3) is 0 Å². The number of aromatic nitrogens is 1. The van der Waals surface area contributed by atoms with Crippen molar-refractivity contribution < 1.29 is 48.2 Å². The van der Waals surface area contributed by atoms with Crippen LogP contribution in [0.4, 0.5) is 26.3 Å². The molecule has 0 aliphatic heterocycles. The molecule has 0 bridgehead atoms. The Kier molecular flexibility index (Phi) is 6.57.